The van der Waals surface area contributed by atoms with Crippen molar-refractivity contribution in [1.82, 2.24) is 0 Å². The van der Waals surface area contributed by atoms with Crippen LogP contribution in [-0.4, -0.2) is 35.0 Å². The maximum absolute atomic E-state index is 8.45. The molecule has 0 atom stereocenters. The number of aliphatic imine (C=N–C) groups is 1. The zero-order valence-electron chi connectivity index (χ0n) is 7.31. The van der Waals surface area contributed by atoms with Crippen molar-refractivity contribution >= 4 is 11.9 Å². The van der Waals surface area contributed by atoms with E-state index in [1.807, 2.05) is 13.8 Å². The zero-order chi connectivity index (χ0) is 9.56. The zero-order valence-corrected chi connectivity index (χ0v) is 7.31. The van der Waals surface area contributed by atoms with Gasteiger partial charge in [0.1, 0.15) is 0 Å². The molecule has 4 N–H and O–H groups in total. The summed E-state index contributed by atoms with van der Waals surface area (Å²) in [5.74, 6) is 5.25. The van der Waals surface area contributed by atoms with Gasteiger partial charge in [0, 0.05) is 6.21 Å². The number of nitrogens with two attached hydrogens (primary N) is 1. The van der Waals surface area contributed by atoms with Crippen LogP contribution in [0.3, 0.4) is 0 Å². The largest absolute Gasteiger partial charge is 0.367 e. The second-order valence-electron chi connectivity index (χ2n) is 2.68. The first-order chi connectivity index (χ1) is 5.57. The van der Waals surface area contributed by atoms with Gasteiger partial charge in [-0.25, -0.2) is 0 Å². The van der Waals surface area contributed by atoms with Crippen molar-refractivity contribution in [2.45, 2.75) is 20.1 Å². The Labute approximate surface area is 71.6 Å². The van der Waals surface area contributed by atoms with Crippen molar-refractivity contribution in [3.63, 3.8) is 0 Å². The average Bonchev–Trinajstić information content (AvgIpc) is 1.96. The first-order valence-electron chi connectivity index (χ1n) is 3.71. The third kappa shape index (κ3) is 4.81. The average molecular weight is 173 g/mol. The Morgan fingerprint density at radius 1 is 1.50 bits per heavy atom. The number of rotatable bonds is 4. The van der Waals surface area contributed by atoms with Gasteiger partial charge in [0.2, 0.25) is 0 Å². The molecule has 0 amide bonds. The van der Waals surface area contributed by atoms with Gasteiger partial charge >= 0.3 is 0 Å². The van der Waals surface area contributed by atoms with E-state index in [1.165, 1.54) is 6.21 Å². The predicted molar refractivity (Wildman–Crippen MR) is 48.0 cm³/mol. The molecule has 0 radical (unpaired) electrons. The lowest BCUT2D eigenvalue weighted by Gasteiger charge is -2.02. The van der Waals surface area contributed by atoms with Crippen LogP contribution in [-0.2, 0) is 0 Å². The third-order valence-electron chi connectivity index (χ3n) is 1.23. The first-order valence-corrected chi connectivity index (χ1v) is 3.71. The van der Waals surface area contributed by atoms with Gasteiger partial charge in [-0.05, 0) is 5.92 Å². The van der Waals surface area contributed by atoms with Gasteiger partial charge in [0.25, 0.3) is 0 Å². The Bertz CT molecular complexity index is 175. The summed E-state index contributed by atoms with van der Waals surface area (Å²) in [5.41, 5.74) is 0.635. The summed E-state index contributed by atoms with van der Waals surface area (Å²) in [7, 11) is 0. The minimum Gasteiger partial charge on any atom is -0.367 e. The van der Waals surface area contributed by atoms with E-state index in [4.69, 9.17) is 16.1 Å². The van der Waals surface area contributed by atoms with E-state index < -0.39 is 6.29 Å². The summed E-state index contributed by atoms with van der Waals surface area (Å²) < 4.78 is 0. The number of hydrogen-bond donors (Lipinski definition) is 3. The second-order valence-corrected chi connectivity index (χ2v) is 2.68. The quantitative estimate of drug-likeness (QED) is 0.228. The van der Waals surface area contributed by atoms with Crippen LogP contribution in [0.4, 0.5) is 0 Å². The fourth-order valence-electron chi connectivity index (χ4n) is 0.572. The summed E-state index contributed by atoms with van der Waals surface area (Å²) in [6, 6.07) is 0. The van der Waals surface area contributed by atoms with Gasteiger partial charge in [0.05, 0.1) is 12.3 Å². The lowest BCUT2D eigenvalue weighted by molar-refractivity contribution is -0.0303. The molecular formula is C7H15N3O2. The van der Waals surface area contributed by atoms with Crippen LogP contribution >= 0.6 is 0 Å². The lowest BCUT2D eigenvalue weighted by Crippen LogP contribution is -2.14. The molecule has 12 heavy (non-hydrogen) atoms. The molecule has 0 unspecified atom stereocenters. The summed E-state index contributed by atoms with van der Waals surface area (Å²) in [5, 5.41) is 20.4. The molecule has 0 heterocycles. The molecule has 0 saturated carbocycles. The summed E-state index contributed by atoms with van der Waals surface area (Å²) in [6.45, 7) is 3.80. The van der Waals surface area contributed by atoms with Gasteiger partial charge in [0.15, 0.2) is 6.29 Å². The Balaban J connectivity index is 3.95. The maximum Gasteiger partial charge on any atom is 0.171 e. The second kappa shape index (κ2) is 5.68. The summed E-state index contributed by atoms with van der Waals surface area (Å²) in [6.07, 6.45) is 0.0387. The molecule has 0 aromatic carbocycles. The molecule has 70 valence electrons. The molecule has 0 saturated heterocycles. The highest BCUT2D eigenvalue weighted by Crippen LogP contribution is 1.93. The van der Waals surface area contributed by atoms with Gasteiger partial charge in [-0.1, -0.05) is 13.8 Å². The minimum atomic E-state index is -1.41. The van der Waals surface area contributed by atoms with Gasteiger partial charge < -0.3 is 16.1 Å². The predicted octanol–water partition coefficient (Wildman–Crippen LogP) is -0.661. The van der Waals surface area contributed by atoms with E-state index in [2.05, 4.69) is 10.1 Å². The van der Waals surface area contributed by atoms with E-state index in [1.54, 1.807) is 0 Å². The molecule has 5 heteroatoms. The number of nitrogens with zero attached hydrogens (tertiary/aromatic N) is 2. The van der Waals surface area contributed by atoms with E-state index in [0.29, 0.717) is 5.71 Å². The highest BCUT2D eigenvalue weighted by molar-refractivity contribution is 6.31. The number of hydrazone groups is 1. The lowest BCUT2D eigenvalue weighted by atomic mass is 10.1. The van der Waals surface area contributed by atoms with Gasteiger partial charge in [-0.3, -0.25) is 4.99 Å². The molecule has 0 fully saturated rings. The summed E-state index contributed by atoms with van der Waals surface area (Å²) >= 11 is 0. The molecule has 0 aliphatic carbocycles. The van der Waals surface area contributed by atoms with E-state index in [0.717, 1.165) is 0 Å². The van der Waals surface area contributed by atoms with Crippen molar-refractivity contribution in [2.75, 3.05) is 6.54 Å². The van der Waals surface area contributed by atoms with Crippen LogP contribution in [0.25, 0.3) is 0 Å². The van der Waals surface area contributed by atoms with E-state index in [9.17, 15) is 0 Å². The van der Waals surface area contributed by atoms with Crippen LogP contribution < -0.4 is 5.84 Å². The third-order valence-corrected chi connectivity index (χ3v) is 1.23. The standard InChI is InChI=1S/C7H15N3O2/c1-5(2)6(10-8)3-9-4-7(11)12/h3,5,7,11-12H,4,8H2,1-2H3. The maximum atomic E-state index is 8.45. The highest BCUT2D eigenvalue weighted by atomic mass is 16.5. The molecular weight excluding hydrogens is 158 g/mol. The van der Waals surface area contributed by atoms with Gasteiger partial charge in [-0.2, -0.15) is 5.10 Å². The molecule has 0 aliphatic heterocycles. The van der Waals surface area contributed by atoms with Crippen LogP contribution in [0, 0.1) is 5.92 Å². The monoisotopic (exact) mass is 173 g/mol. The normalized spacial score (nSPS) is 13.7. The van der Waals surface area contributed by atoms with Crippen molar-refractivity contribution in [3.05, 3.63) is 0 Å². The Morgan fingerprint density at radius 3 is 2.42 bits per heavy atom. The van der Waals surface area contributed by atoms with Crippen molar-refractivity contribution in [3.8, 4) is 0 Å². The van der Waals surface area contributed by atoms with E-state index in [-0.39, 0.29) is 12.5 Å². The smallest absolute Gasteiger partial charge is 0.171 e. The Morgan fingerprint density at radius 2 is 2.08 bits per heavy atom. The van der Waals surface area contributed by atoms with Crippen LogP contribution in [0.5, 0.6) is 0 Å². The fourth-order valence-corrected chi connectivity index (χ4v) is 0.572. The minimum absolute atomic E-state index is 0.0499. The molecule has 0 aromatic heterocycles. The molecule has 0 aliphatic rings. The van der Waals surface area contributed by atoms with Crippen LogP contribution in [0.1, 0.15) is 13.8 Å². The molecule has 0 spiro atoms. The van der Waals surface area contributed by atoms with Crippen LogP contribution in [0.2, 0.25) is 0 Å². The molecule has 0 rings (SSSR count). The Kier molecular flexibility index (Phi) is 5.23. The van der Waals surface area contributed by atoms with Crippen molar-refractivity contribution in [2.24, 2.45) is 21.9 Å². The fraction of sp³-hybridized carbons (Fsp3) is 0.714. The first kappa shape index (κ1) is 11.1. The van der Waals surface area contributed by atoms with Crippen LogP contribution in [0.15, 0.2) is 10.1 Å². The Hall–Kier alpha value is -0.940. The highest BCUT2D eigenvalue weighted by Gasteiger charge is 2.00. The number of aliphatic hydroxyl groups is 2. The SMILES string of the molecule is CC(C)C(C=NCC(O)O)=NN. The number of hydrogen-bond acceptors (Lipinski definition) is 5. The van der Waals surface area contributed by atoms with Crippen molar-refractivity contribution in [1.29, 1.82) is 0 Å². The van der Waals surface area contributed by atoms with E-state index >= 15 is 0 Å². The topological polar surface area (TPSA) is 91.2 Å². The molecule has 0 bridgehead atoms. The summed E-state index contributed by atoms with van der Waals surface area (Å²) in [4.78, 5) is 3.73. The molecule has 0 aromatic rings. The number of aliphatic hydroxyl groups excluding tert-OH is 1. The van der Waals surface area contributed by atoms with Gasteiger partial charge in [-0.15, -0.1) is 0 Å². The molecule has 5 nitrogen and oxygen atoms in total. The van der Waals surface area contributed by atoms with Crippen molar-refractivity contribution < 1.29 is 10.2 Å².